The number of aromatic nitrogens is 3. The van der Waals surface area contributed by atoms with Gasteiger partial charge in [0.2, 0.25) is 0 Å². The Morgan fingerprint density at radius 3 is 1.28 bits per heavy atom. The summed E-state index contributed by atoms with van der Waals surface area (Å²) in [5, 5.41) is 34.8. The molecule has 3 fully saturated rings. The van der Waals surface area contributed by atoms with Crippen molar-refractivity contribution < 1.29 is 114 Å². The van der Waals surface area contributed by atoms with E-state index in [0.29, 0.717) is 62.0 Å². The normalized spacial score (nSPS) is 15.1. The largest absolute Gasteiger partial charge is 1.00 e. The van der Waals surface area contributed by atoms with Crippen molar-refractivity contribution in [2.24, 2.45) is 0 Å². The van der Waals surface area contributed by atoms with Gasteiger partial charge in [0.05, 0.1) is 25.2 Å². The van der Waals surface area contributed by atoms with E-state index in [9.17, 15) is 63.8 Å². The van der Waals surface area contributed by atoms with Gasteiger partial charge in [-0.1, -0.05) is 124 Å². The molecule has 0 spiro atoms. The second kappa shape index (κ2) is 39.8. The standard InChI is InChI=1S/C25H25FN2O2.C25H23FN2O2.C18H14F4N2O5S.C8H11BO2.CH4O.B.Na.H/c2*1-2-17-5-3-4-6-22(17)18-7-9-23(20(13-18)16-29)19-11-12-28(15-19)25(30)24-10-8-21(26)14-27-24;19-13-1-4-16(23-8-13)17(26)24-6-5-11(9-24)15-3-2-14(7-12(15)10-25)29-30(27,28)18(20,21)22;1-2-7-5-3-4-6-8(7)9(10)11;1-2;;;/h3-10,13-14,19,29H,2,11-12,15-16H2,1H3;3-10,13-14,16,19H,2,11-12,15H2,1H3;1-4,7-8,10-11H,5-6,9H2;3-6,10-11H,2H2,1H3;2H,1H3;;;/q;;;;;;+1;-1. The van der Waals surface area contributed by atoms with E-state index in [-0.39, 0.29) is 105 Å². The van der Waals surface area contributed by atoms with E-state index >= 15 is 0 Å². The number of pyridine rings is 3. The quantitative estimate of drug-likeness (QED) is 0.0219. The molecule has 4 N–H and O–H groups in total. The van der Waals surface area contributed by atoms with Crippen molar-refractivity contribution in [2.75, 3.05) is 46.4 Å². The molecule has 3 radical (unpaired) electrons. The molecular formula is C77H78B2F6N6NaO12S. The van der Waals surface area contributed by atoms with Crippen LogP contribution in [0.5, 0.6) is 5.75 Å². The van der Waals surface area contributed by atoms with Crippen LogP contribution < -0.4 is 39.2 Å². The zero-order valence-electron chi connectivity index (χ0n) is 59.5. The molecular weight excluding hydrogens is 1390 g/mol. The first-order valence-corrected chi connectivity index (χ1v) is 34.6. The van der Waals surface area contributed by atoms with Crippen molar-refractivity contribution in [1.82, 2.24) is 29.7 Å². The van der Waals surface area contributed by atoms with Crippen LogP contribution in [0.4, 0.5) is 26.3 Å². The molecule has 3 aromatic heterocycles. The van der Waals surface area contributed by atoms with Crippen LogP contribution in [0.15, 0.2) is 182 Å². The Kier molecular flexibility index (Phi) is 32.1. The number of likely N-dealkylation sites (tertiary alicyclic amines) is 3. The number of aldehydes is 2. The average Bonchev–Trinajstić information content (AvgIpc) is 1.54. The second-order valence-corrected chi connectivity index (χ2v) is 25.7. The maximum Gasteiger partial charge on any atom is 1.00 e. The number of hydrogen-bond acceptors (Lipinski definition) is 15. The van der Waals surface area contributed by atoms with Crippen molar-refractivity contribution in [3.8, 4) is 28.0 Å². The summed E-state index contributed by atoms with van der Waals surface area (Å²) in [7, 11) is -6.21. The van der Waals surface area contributed by atoms with E-state index in [4.69, 9.17) is 15.2 Å². The number of aryl methyl sites for hydroxylation is 3. The van der Waals surface area contributed by atoms with Crippen molar-refractivity contribution in [1.29, 1.82) is 0 Å². The third-order valence-corrected chi connectivity index (χ3v) is 18.9. The minimum Gasteiger partial charge on any atom is -1.00 e. The fourth-order valence-corrected chi connectivity index (χ4v) is 13.1. The van der Waals surface area contributed by atoms with Gasteiger partial charge in [-0.25, -0.2) is 28.1 Å². The Hall–Kier alpha value is -9.18. The molecule has 18 nitrogen and oxygen atoms in total. The Bertz CT molecular complexity index is 4540. The molecule has 3 saturated heterocycles. The summed E-state index contributed by atoms with van der Waals surface area (Å²) in [4.78, 5) is 77.6. The van der Waals surface area contributed by atoms with Gasteiger partial charge in [-0.15, -0.1) is 0 Å². The molecule has 105 heavy (non-hydrogen) atoms. The van der Waals surface area contributed by atoms with Gasteiger partial charge in [-0.3, -0.25) is 24.0 Å². The van der Waals surface area contributed by atoms with Gasteiger partial charge in [0.25, 0.3) is 17.7 Å². The van der Waals surface area contributed by atoms with Crippen molar-refractivity contribution in [3.05, 3.63) is 267 Å². The smallest absolute Gasteiger partial charge is 1.00 e. The molecule has 3 aliphatic heterocycles. The van der Waals surface area contributed by atoms with Crippen LogP contribution in [-0.4, -0.2) is 156 Å². The van der Waals surface area contributed by atoms with Crippen LogP contribution in [0.25, 0.3) is 22.3 Å². The molecule has 0 bridgehead atoms. The van der Waals surface area contributed by atoms with E-state index in [1.54, 1.807) is 21.9 Å². The van der Waals surface area contributed by atoms with E-state index in [1.165, 1.54) is 58.0 Å². The summed E-state index contributed by atoms with van der Waals surface area (Å²) in [5.74, 6) is -3.05. The Morgan fingerprint density at radius 2 is 0.905 bits per heavy atom. The number of rotatable bonds is 17. The molecule has 6 heterocycles. The van der Waals surface area contributed by atoms with Crippen molar-refractivity contribution in [3.63, 3.8) is 0 Å². The van der Waals surface area contributed by atoms with Crippen LogP contribution in [0, 0.1) is 17.5 Å². The van der Waals surface area contributed by atoms with Gasteiger partial charge >= 0.3 is 52.3 Å². The van der Waals surface area contributed by atoms with E-state index in [0.717, 1.165) is 121 Å². The maximum absolute atomic E-state index is 13.1. The molecule has 6 aromatic carbocycles. The Balaban J connectivity index is 0.000000259. The number of amides is 3. The van der Waals surface area contributed by atoms with Crippen LogP contribution in [-0.2, 0) is 36.0 Å². The first-order chi connectivity index (χ1) is 49.5. The number of carbonyl (C=O) groups excluding carboxylic acids is 5. The number of benzene rings is 6. The summed E-state index contributed by atoms with van der Waals surface area (Å²) >= 11 is 0. The van der Waals surface area contributed by atoms with Gasteiger partial charge in [0, 0.05) is 83.7 Å². The molecule has 0 saturated carbocycles. The average molecular weight is 1470 g/mol. The summed E-state index contributed by atoms with van der Waals surface area (Å²) in [5.41, 5.74) is 7.49. The summed E-state index contributed by atoms with van der Waals surface area (Å²) in [6.07, 6.45) is 9.06. The molecule has 3 aliphatic rings. The number of aliphatic hydroxyl groups excluding tert-OH is 2. The van der Waals surface area contributed by atoms with Crippen LogP contribution in [0.2, 0.25) is 0 Å². The number of hydrogen-bond donors (Lipinski definition) is 4. The van der Waals surface area contributed by atoms with Gasteiger partial charge < -0.3 is 40.6 Å². The minimum absolute atomic E-state index is 0. The Labute approximate surface area is 631 Å². The number of carbonyl (C=O) groups is 5. The van der Waals surface area contributed by atoms with Crippen molar-refractivity contribution >= 4 is 61.4 Å². The minimum atomic E-state index is -5.86. The van der Waals surface area contributed by atoms with Crippen LogP contribution >= 0.6 is 0 Å². The number of halogens is 6. The molecule has 3 atom stereocenters. The maximum atomic E-state index is 13.1. The topological polar surface area (TPSA) is 258 Å². The van der Waals surface area contributed by atoms with Crippen molar-refractivity contribution in [2.45, 2.75) is 89.2 Å². The monoisotopic (exact) mass is 1470 g/mol. The summed E-state index contributed by atoms with van der Waals surface area (Å²) in [6, 6.07) is 47.0. The number of alkyl halides is 3. The second-order valence-electron chi connectivity index (χ2n) is 24.2. The van der Waals surface area contributed by atoms with Gasteiger partial charge in [-0.2, -0.15) is 21.6 Å². The predicted molar refractivity (Wildman–Crippen MR) is 384 cm³/mol. The van der Waals surface area contributed by atoms with E-state index < -0.39 is 51.9 Å². The third-order valence-electron chi connectivity index (χ3n) is 17.9. The first-order valence-electron chi connectivity index (χ1n) is 33.2. The molecule has 3 unspecified atom stereocenters. The molecule has 0 aliphatic carbocycles. The molecule has 3 amide bonds. The van der Waals surface area contributed by atoms with Gasteiger partial charge in [0.1, 0.15) is 52.9 Å². The first kappa shape index (κ1) is 84.8. The molecule has 9 aromatic rings. The van der Waals surface area contributed by atoms with Crippen LogP contribution in [0.1, 0.15) is 150 Å². The van der Waals surface area contributed by atoms with Crippen LogP contribution in [0.3, 0.4) is 0 Å². The fourth-order valence-electron chi connectivity index (χ4n) is 12.7. The fraction of sp³-hybridized carbons (Fsp3) is 0.273. The third kappa shape index (κ3) is 21.7. The Morgan fingerprint density at radius 1 is 0.533 bits per heavy atom. The van der Waals surface area contributed by atoms with Gasteiger partial charge in [0.15, 0.2) is 0 Å². The number of aliphatic hydroxyl groups is 2. The summed E-state index contributed by atoms with van der Waals surface area (Å²) < 4.78 is 103. The molecule has 12 rings (SSSR count). The molecule has 28 heteroatoms. The number of nitrogens with zero attached hydrogens (tertiary/aromatic N) is 6. The SMILES string of the molecule is CCc1ccccc1-c1ccc(C2CCN(C(=O)c3ccc(F)cn3)C2)c(C=O)c1.CCc1ccccc1-c1ccc(C2CCN(C(=O)c3ccc(F)cn3)C2)c(CO)c1.CCc1ccccc1B(O)O.CO.O=Cc1cc(OS(=O)(=O)C(F)(F)F)ccc1C1CCN(C(=O)c2ccc(F)cn2)C1.[B].[H-].[Na+]. The zero-order chi connectivity index (χ0) is 74.5. The summed E-state index contributed by atoms with van der Waals surface area (Å²) in [6.45, 7) is 9.01. The van der Waals surface area contributed by atoms with E-state index in [1.807, 2.05) is 55.5 Å². The van der Waals surface area contributed by atoms with Gasteiger partial charge in [-0.05, 0) is 166 Å². The zero-order valence-corrected chi connectivity index (χ0v) is 61.3. The predicted octanol–water partition coefficient (Wildman–Crippen LogP) is 8.63. The molecule has 543 valence electrons. The van der Waals surface area contributed by atoms with E-state index in [2.05, 4.69) is 81.5 Å².